The van der Waals surface area contributed by atoms with Gasteiger partial charge < -0.3 is 16.0 Å². The van der Waals surface area contributed by atoms with Crippen LogP contribution in [0.2, 0.25) is 5.02 Å². The molecule has 38 heavy (non-hydrogen) atoms. The maximum absolute atomic E-state index is 14.1. The first kappa shape index (κ1) is 25.3. The molecule has 2 aromatic heterocycles. The fourth-order valence-corrected chi connectivity index (χ4v) is 4.42. The van der Waals surface area contributed by atoms with E-state index in [9.17, 15) is 18.8 Å². The standard InChI is InChI=1S/C26H23ClFN7O3/c27-20-3-1-2-16(24(20)28)11-32-22(36)12-34(18-5-6-18)23(37)13-35-21-7-4-15(17-9-30-14-31-10-17)8-19(21)25(33-35)26(29)38/h1-4,7-10,14,18H,5-6,11-13H2,(H2,29,38)(H,32,36). The summed E-state index contributed by atoms with van der Waals surface area (Å²) in [5, 5.41) is 7.41. The maximum Gasteiger partial charge on any atom is 0.269 e. The molecule has 1 fully saturated rings. The zero-order valence-corrected chi connectivity index (χ0v) is 20.9. The monoisotopic (exact) mass is 535 g/mol. The van der Waals surface area contributed by atoms with Crippen molar-refractivity contribution in [1.29, 1.82) is 0 Å². The third-order valence-corrected chi connectivity index (χ3v) is 6.58. The van der Waals surface area contributed by atoms with E-state index in [0.29, 0.717) is 10.9 Å². The number of amides is 3. The van der Waals surface area contributed by atoms with E-state index in [1.165, 1.54) is 28.0 Å². The molecular formula is C26H23ClFN7O3. The highest BCUT2D eigenvalue weighted by molar-refractivity contribution is 6.30. The number of rotatable bonds is 9. The molecule has 0 radical (unpaired) electrons. The summed E-state index contributed by atoms with van der Waals surface area (Å²) in [4.78, 5) is 47.6. The number of carbonyl (C=O) groups excluding carboxylic acids is 3. The molecule has 2 aromatic carbocycles. The van der Waals surface area contributed by atoms with E-state index in [1.54, 1.807) is 30.6 Å². The molecule has 0 aliphatic heterocycles. The molecule has 12 heteroatoms. The summed E-state index contributed by atoms with van der Waals surface area (Å²) in [7, 11) is 0. The van der Waals surface area contributed by atoms with Crippen molar-refractivity contribution in [1.82, 2.24) is 30.0 Å². The van der Waals surface area contributed by atoms with Crippen molar-refractivity contribution in [2.24, 2.45) is 5.73 Å². The van der Waals surface area contributed by atoms with Gasteiger partial charge in [-0.05, 0) is 36.6 Å². The highest BCUT2D eigenvalue weighted by atomic mass is 35.5. The van der Waals surface area contributed by atoms with Crippen molar-refractivity contribution in [3.8, 4) is 11.1 Å². The van der Waals surface area contributed by atoms with Gasteiger partial charge in [0.05, 0.1) is 17.1 Å². The number of carbonyl (C=O) groups is 3. The molecule has 2 heterocycles. The number of nitrogens with zero attached hydrogens (tertiary/aromatic N) is 5. The Hall–Kier alpha value is -4.38. The summed E-state index contributed by atoms with van der Waals surface area (Å²) in [5.74, 6) is -2.09. The van der Waals surface area contributed by atoms with Gasteiger partial charge in [0, 0.05) is 41.5 Å². The quantitative estimate of drug-likeness (QED) is 0.338. The Labute approximate surface area is 221 Å². The Morgan fingerprint density at radius 3 is 2.61 bits per heavy atom. The van der Waals surface area contributed by atoms with Gasteiger partial charge in [0.1, 0.15) is 18.7 Å². The number of benzene rings is 2. The van der Waals surface area contributed by atoms with E-state index >= 15 is 0 Å². The molecular weight excluding hydrogens is 513 g/mol. The number of nitrogens with two attached hydrogens (primary N) is 1. The average molecular weight is 536 g/mol. The number of primary amides is 1. The molecule has 0 saturated heterocycles. The van der Waals surface area contributed by atoms with Crippen molar-refractivity contribution in [3.63, 3.8) is 0 Å². The number of halogens is 2. The van der Waals surface area contributed by atoms with Gasteiger partial charge in [-0.25, -0.2) is 14.4 Å². The molecule has 0 unspecified atom stereocenters. The summed E-state index contributed by atoms with van der Waals surface area (Å²) in [6, 6.07) is 9.79. The lowest BCUT2D eigenvalue weighted by molar-refractivity contribution is -0.137. The predicted octanol–water partition coefficient (Wildman–Crippen LogP) is 2.69. The number of fused-ring (bicyclic) bond motifs is 1. The van der Waals surface area contributed by atoms with Crippen LogP contribution >= 0.6 is 11.6 Å². The van der Waals surface area contributed by atoms with Crippen LogP contribution in [0.4, 0.5) is 4.39 Å². The molecule has 4 aromatic rings. The van der Waals surface area contributed by atoms with Gasteiger partial charge in [-0.3, -0.25) is 19.1 Å². The minimum absolute atomic E-state index is 0.0301. The van der Waals surface area contributed by atoms with Crippen LogP contribution in [0, 0.1) is 5.82 Å². The molecule has 5 rings (SSSR count). The molecule has 0 spiro atoms. The van der Waals surface area contributed by atoms with Gasteiger partial charge in [-0.1, -0.05) is 29.8 Å². The van der Waals surface area contributed by atoms with Crippen molar-refractivity contribution >= 4 is 40.2 Å². The number of hydrogen-bond donors (Lipinski definition) is 2. The normalized spacial score (nSPS) is 12.9. The van der Waals surface area contributed by atoms with Gasteiger partial charge in [-0.15, -0.1) is 0 Å². The van der Waals surface area contributed by atoms with Crippen molar-refractivity contribution in [2.75, 3.05) is 6.54 Å². The molecule has 3 amide bonds. The summed E-state index contributed by atoms with van der Waals surface area (Å²) in [6.07, 6.45) is 6.26. The van der Waals surface area contributed by atoms with E-state index in [-0.39, 0.29) is 47.9 Å². The molecule has 10 nitrogen and oxygen atoms in total. The predicted molar refractivity (Wildman–Crippen MR) is 137 cm³/mol. The lowest BCUT2D eigenvalue weighted by atomic mass is 10.1. The largest absolute Gasteiger partial charge is 0.364 e. The number of aromatic nitrogens is 4. The summed E-state index contributed by atoms with van der Waals surface area (Å²) in [6.45, 7) is -0.436. The second-order valence-corrected chi connectivity index (χ2v) is 9.38. The van der Waals surface area contributed by atoms with Crippen LogP contribution < -0.4 is 11.1 Å². The smallest absolute Gasteiger partial charge is 0.269 e. The molecule has 0 atom stereocenters. The van der Waals surface area contributed by atoms with Crippen molar-refractivity contribution in [3.05, 3.63) is 77.2 Å². The van der Waals surface area contributed by atoms with E-state index in [4.69, 9.17) is 17.3 Å². The van der Waals surface area contributed by atoms with Crippen LogP contribution in [0.15, 0.2) is 55.1 Å². The second kappa shape index (κ2) is 10.5. The van der Waals surface area contributed by atoms with Crippen LogP contribution in [-0.4, -0.2) is 55.0 Å². The van der Waals surface area contributed by atoms with Gasteiger partial charge in [0.2, 0.25) is 11.8 Å². The first-order valence-electron chi connectivity index (χ1n) is 11.9. The Balaban J connectivity index is 1.33. The molecule has 3 N–H and O–H groups in total. The lowest BCUT2D eigenvalue weighted by Gasteiger charge is -2.22. The Morgan fingerprint density at radius 2 is 1.89 bits per heavy atom. The fourth-order valence-electron chi connectivity index (χ4n) is 4.22. The fraction of sp³-hybridized carbons (Fsp3) is 0.231. The summed E-state index contributed by atoms with van der Waals surface area (Å²) >= 11 is 5.80. The first-order valence-corrected chi connectivity index (χ1v) is 12.2. The minimum atomic E-state index is -0.727. The second-order valence-electron chi connectivity index (χ2n) is 8.97. The topological polar surface area (TPSA) is 136 Å². The van der Waals surface area contributed by atoms with Crippen LogP contribution in [0.1, 0.15) is 28.9 Å². The summed E-state index contributed by atoms with van der Waals surface area (Å²) in [5.41, 5.74) is 7.91. The maximum atomic E-state index is 14.1. The minimum Gasteiger partial charge on any atom is -0.364 e. The highest BCUT2D eigenvalue weighted by Gasteiger charge is 2.34. The molecule has 1 saturated carbocycles. The van der Waals surface area contributed by atoms with E-state index in [2.05, 4.69) is 20.4 Å². The van der Waals surface area contributed by atoms with Gasteiger partial charge >= 0.3 is 0 Å². The molecule has 1 aliphatic rings. The van der Waals surface area contributed by atoms with Gasteiger partial charge in [0.15, 0.2) is 5.69 Å². The van der Waals surface area contributed by atoms with Crippen molar-refractivity contribution in [2.45, 2.75) is 32.0 Å². The first-order chi connectivity index (χ1) is 18.3. The van der Waals surface area contributed by atoms with E-state index < -0.39 is 17.6 Å². The Morgan fingerprint density at radius 1 is 1.13 bits per heavy atom. The average Bonchev–Trinajstić information content (AvgIpc) is 3.69. The number of nitrogens with one attached hydrogen (secondary N) is 1. The molecule has 1 aliphatic carbocycles. The van der Waals surface area contributed by atoms with Crippen LogP contribution in [0.5, 0.6) is 0 Å². The Kier molecular flexibility index (Phi) is 7.01. The third-order valence-electron chi connectivity index (χ3n) is 6.29. The van der Waals surface area contributed by atoms with Crippen LogP contribution in [0.3, 0.4) is 0 Å². The molecule has 194 valence electrons. The highest BCUT2D eigenvalue weighted by Crippen LogP contribution is 2.29. The van der Waals surface area contributed by atoms with E-state index in [0.717, 1.165) is 24.0 Å². The number of hydrogen-bond acceptors (Lipinski definition) is 6. The summed E-state index contributed by atoms with van der Waals surface area (Å²) < 4.78 is 15.5. The zero-order valence-electron chi connectivity index (χ0n) is 20.1. The van der Waals surface area contributed by atoms with Gasteiger partial charge in [0.25, 0.3) is 5.91 Å². The SMILES string of the molecule is NC(=O)c1nn(CC(=O)N(CC(=O)NCc2cccc(Cl)c2F)C2CC2)c2ccc(-c3cncnc3)cc12. The Bertz CT molecular complexity index is 1540. The van der Waals surface area contributed by atoms with Crippen LogP contribution in [0.25, 0.3) is 22.0 Å². The van der Waals surface area contributed by atoms with Crippen LogP contribution in [-0.2, 0) is 22.7 Å². The lowest BCUT2D eigenvalue weighted by Crippen LogP contribution is -2.43. The van der Waals surface area contributed by atoms with Gasteiger partial charge in [-0.2, -0.15) is 5.10 Å². The third kappa shape index (κ3) is 5.32. The molecule has 0 bridgehead atoms. The zero-order chi connectivity index (χ0) is 26.8. The van der Waals surface area contributed by atoms with E-state index in [1.807, 2.05) is 6.07 Å². The van der Waals surface area contributed by atoms with Crippen molar-refractivity contribution < 1.29 is 18.8 Å².